The molecule has 0 heterocycles. The van der Waals surface area contributed by atoms with Crippen LogP contribution in [0.1, 0.15) is 31.4 Å². The topological polar surface area (TPSA) is 20.3 Å². The lowest BCUT2D eigenvalue weighted by atomic mass is 9.91. The predicted octanol–water partition coefficient (Wildman–Crippen LogP) is 3.70. The molecule has 0 radical (unpaired) electrons. The van der Waals surface area contributed by atoms with Gasteiger partial charge in [-0.05, 0) is 49.8 Å². The third kappa shape index (κ3) is 2.47. The van der Waals surface area contributed by atoms with Gasteiger partial charge in [-0.15, -0.1) is 0 Å². The normalized spacial score (nSPS) is 27.9. The summed E-state index contributed by atoms with van der Waals surface area (Å²) in [7, 11) is 1.67. The van der Waals surface area contributed by atoms with Crippen LogP contribution in [0.2, 0.25) is 0 Å². The molecule has 1 saturated carbocycles. The summed E-state index contributed by atoms with van der Waals surface area (Å²) in [6.07, 6.45) is 6.23. The van der Waals surface area contributed by atoms with Crippen molar-refractivity contribution in [3.05, 3.63) is 47.5 Å². The Kier molecular flexibility index (Phi) is 3.56. The van der Waals surface area contributed by atoms with E-state index in [1.54, 1.807) is 18.9 Å². The van der Waals surface area contributed by atoms with Crippen LogP contribution >= 0.6 is 0 Å². The van der Waals surface area contributed by atoms with Crippen molar-refractivity contribution in [1.82, 2.24) is 4.90 Å². The van der Waals surface area contributed by atoms with E-state index in [4.69, 9.17) is 0 Å². The molecule has 0 N–H and O–H groups in total. The molecule has 2 bridgehead atoms. The van der Waals surface area contributed by atoms with Crippen LogP contribution in [0, 0.1) is 29.4 Å². The van der Waals surface area contributed by atoms with Crippen molar-refractivity contribution in [2.24, 2.45) is 17.8 Å². The zero-order chi connectivity index (χ0) is 15.1. The highest BCUT2D eigenvalue weighted by atomic mass is 19.1. The van der Waals surface area contributed by atoms with Crippen molar-refractivity contribution in [1.29, 1.82) is 0 Å². The van der Waals surface area contributed by atoms with Crippen molar-refractivity contribution >= 4 is 5.91 Å². The van der Waals surface area contributed by atoms with Crippen molar-refractivity contribution in [2.75, 3.05) is 7.05 Å². The highest BCUT2D eigenvalue weighted by Crippen LogP contribution is 2.44. The molecule has 1 amide bonds. The largest absolute Gasteiger partial charge is 0.339 e. The number of benzene rings is 1. The third-order valence-corrected chi connectivity index (χ3v) is 4.93. The molecule has 0 aromatic heterocycles. The van der Waals surface area contributed by atoms with Crippen molar-refractivity contribution in [3.63, 3.8) is 0 Å². The molecular formula is C17H19F2NO. The van der Waals surface area contributed by atoms with Crippen molar-refractivity contribution in [3.8, 4) is 0 Å². The molecule has 3 rings (SSSR count). The van der Waals surface area contributed by atoms with Crippen LogP contribution < -0.4 is 0 Å². The Bertz CT molecular complexity index is 598. The van der Waals surface area contributed by atoms with Gasteiger partial charge >= 0.3 is 0 Å². The summed E-state index contributed by atoms with van der Waals surface area (Å²) < 4.78 is 27.2. The van der Waals surface area contributed by atoms with Crippen LogP contribution in [0.25, 0.3) is 0 Å². The van der Waals surface area contributed by atoms with Gasteiger partial charge in [0.15, 0.2) is 0 Å². The minimum absolute atomic E-state index is 0.0101. The third-order valence-electron chi connectivity index (χ3n) is 4.93. The van der Waals surface area contributed by atoms with Gasteiger partial charge in [0.05, 0.1) is 6.04 Å². The molecule has 4 atom stereocenters. The standard InChI is InChI=1S/C17H19F2NO/c1-10(14-9-13(18)5-6-16(14)19)20(2)17(21)15-8-11-3-4-12(15)7-11/h3-6,9-12,15H,7-8H2,1-2H3/t10-,11-,12-,15+/m0/s1. The summed E-state index contributed by atoms with van der Waals surface area (Å²) in [5.74, 6) is -0.113. The fraction of sp³-hybridized carbons (Fsp3) is 0.471. The van der Waals surface area contributed by atoms with Gasteiger partial charge in [0.2, 0.25) is 5.91 Å². The molecule has 2 nitrogen and oxygen atoms in total. The van der Waals surface area contributed by atoms with Gasteiger partial charge in [-0.3, -0.25) is 4.79 Å². The van der Waals surface area contributed by atoms with Gasteiger partial charge in [-0.1, -0.05) is 12.2 Å². The molecule has 0 aliphatic heterocycles. The Hall–Kier alpha value is -1.71. The second-order valence-corrected chi connectivity index (χ2v) is 6.18. The summed E-state index contributed by atoms with van der Waals surface area (Å²) in [6, 6.07) is 2.90. The second-order valence-electron chi connectivity index (χ2n) is 6.18. The molecule has 2 aliphatic rings. The summed E-state index contributed by atoms with van der Waals surface area (Å²) in [4.78, 5) is 14.2. The van der Waals surface area contributed by atoms with E-state index < -0.39 is 17.7 Å². The number of hydrogen-bond acceptors (Lipinski definition) is 1. The van der Waals surface area contributed by atoms with Crippen LogP contribution in [0.15, 0.2) is 30.4 Å². The maximum absolute atomic E-state index is 13.9. The minimum atomic E-state index is -0.484. The molecule has 0 saturated heterocycles. The fourth-order valence-electron chi connectivity index (χ4n) is 3.56. The van der Waals surface area contributed by atoms with E-state index in [9.17, 15) is 13.6 Å². The lowest BCUT2D eigenvalue weighted by Crippen LogP contribution is -2.36. The summed E-state index contributed by atoms with van der Waals surface area (Å²) in [5.41, 5.74) is 0.226. The first-order valence-corrected chi connectivity index (χ1v) is 7.37. The van der Waals surface area contributed by atoms with Crippen molar-refractivity contribution in [2.45, 2.75) is 25.8 Å². The molecule has 1 aromatic carbocycles. The van der Waals surface area contributed by atoms with E-state index in [2.05, 4.69) is 12.2 Å². The smallest absolute Gasteiger partial charge is 0.226 e. The Morgan fingerprint density at radius 1 is 1.29 bits per heavy atom. The number of carbonyl (C=O) groups is 1. The quantitative estimate of drug-likeness (QED) is 0.778. The average Bonchev–Trinajstić information content (AvgIpc) is 3.10. The number of nitrogens with zero attached hydrogens (tertiary/aromatic N) is 1. The summed E-state index contributed by atoms with van der Waals surface area (Å²) in [5, 5.41) is 0. The Morgan fingerprint density at radius 2 is 2.05 bits per heavy atom. The zero-order valence-electron chi connectivity index (χ0n) is 12.2. The van der Waals surface area contributed by atoms with Gasteiger partial charge in [0, 0.05) is 18.5 Å². The Balaban J connectivity index is 1.78. The Labute approximate surface area is 123 Å². The number of amides is 1. The van der Waals surface area contributed by atoms with Gasteiger partial charge < -0.3 is 4.90 Å². The number of rotatable bonds is 3. The molecule has 1 fully saturated rings. The molecule has 112 valence electrons. The second kappa shape index (κ2) is 5.24. The number of halogens is 2. The molecular weight excluding hydrogens is 272 g/mol. The highest BCUT2D eigenvalue weighted by Gasteiger charge is 2.41. The predicted molar refractivity (Wildman–Crippen MR) is 76.4 cm³/mol. The first-order chi connectivity index (χ1) is 9.97. The lowest BCUT2D eigenvalue weighted by Gasteiger charge is -2.30. The van der Waals surface area contributed by atoms with Crippen LogP contribution in [0.4, 0.5) is 8.78 Å². The van der Waals surface area contributed by atoms with E-state index in [-0.39, 0.29) is 17.4 Å². The number of hydrogen-bond donors (Lipinski definition) is 0. The monoisotopic (exact) mass is 291 g/mol. The maximum atomic E-state index is 13.9. The van der Waals surface area contributed by atoms with Crippen molar-refractivity contribution < 1.29 is 13.6 Å². The summed E-state index contributed by atoms with van der Waals surface area (Å²) in [6.45, 7) is 1.73. The molecule has 4 heteroatoms. The minimum Gasteiger partial charge on any atom is -0.339 e. The first-order valence-electron chi connectivity index (χ1n) is 7.37. The molecule has 0 unspecified atom stereocenters. The zero-order valence-corrected chi connectivity index (χ0v) is 12.2. The van der Waals surface area contributed by atoms with E-state index in [1.165, 1.54) is 6.07 Å². The number of fused-ring (bicyclic) bond motifs is 2. The molecule has 0 spiro atoms. The van der Waals surface area contributed by atoms with Crippen LogP contribution in [-0.4, -0.2) is 17.9 Å². The molecule has 1 aromatic rings. The Morgan fingerprint density at radius 3 is 2.67 bits per heavy atom. The van der Waals surface area contributed by atoms with Gasteiger partial charge in [0.25, 0.3) is 0 Å². The highest BCUT2D eigenvalue weighted by molar-refractivity contribution is 5.80. The van der Waals surface area contributed by atoms with Crippen LogP contribution in [0.3, 0.4) is 0 Å². The van der Waals surface area contributed by atoms with E-state index in [0.29, 0.717) is 11.8 Å². The van der Waals surface area contributed by atoms with E-state index in [0.717, 1.165) is 25.0 Å². The summed E-state index contributed by atoms with van der Waals surface area (Å²) >= 11 is 0. The number of allylic oxidation sites excluding steroid dienone is 2. The maximum Gasteiger partial charge on any atom is 0.226 e. The SMILES string of the molecule is C[C@@H](c1cc(F)ccc1F)N(C)C(=O)[C@@H]1C[C@H]2C=C[C@H]1C2. The average molecular weight is 291 g/mol. The van der Waals surface area contributed by atoms with Gasteiger partial charge in [-0.2, -0.15) is 0 Å². The van der Waals surface area contributed by atoms with Gasteiger partial charge in [-0.25, -0.2) is 8.78 Å². The molecule has 2 aliphatic carbocycles. The lowest BCUT2D eigenvalue weighted by molar-refractivity contribution is -0.137. The molecule has 21 heavy (non-hydrogen) atoms. The van der Waals surface area contributed by atoms with E-state index >= 15 is 0 Å². The van der Waals surface area contributed by atoms with Crippen LogP contribution in [0.5, 0.6) is 0 Å². The first kappa shape index (κ1) is 14.2. The van der Waals surface area contributed by atoms with Gasteiger partial charge in [0.1, 0.15) is 11.6 Å². The van der Waals surface area contributed by atoms with E-state index in [1.807, 2.05) is 0 Å². The fourth-order valence-corrected chi connectivity index (χ4v) is 3.56. The number of carbonyl (C=O) groups excluding carboxylic acids is 1. The van der Waals surface area contributed by atoms with Crippen LogP contribution in [-0.2, 0) is 4.79 Å².